The maximum Gasteiger partial charge on any atom is 0.315 e. The highest BCUT2D eigenvalue weighted by molar-refractivity contribution is 5.74. The van der Waals surface area contributed by atoms with Gasteiger partial charge in [0, 0.05) is 19.1 Å². The van der Waals surface area contributed by atoms with Crippen molar-refractivity contribution in [2.75, 3.05) is 19.8 Å². The van der Waals surface area contributed by atoms with E-state index in [-0.39, 0.29) is 18.6 Å². The number of nitrogens with one attached hydrogen (secondary N) is 2. The number of amides is 2. The number of urea groups is 1. The quantitative estimate of drug-likeness (QED) is 0.658. The molecule has 0 aromatic carbocycles. The van der Waals surface area contributed by atoms with Crippen LogP contribution in [0.5, 0.6) is 0 Å². The van der Waals surface area contributed by atoms with Crippen LogP contribution >= 0.6 is 0 Å². The SMILES string of the molecule is CC(C)[C@@H](C)NC(=O)NC[C@]1(O)CCOC1. The van der Waals surface area contributed by atoms with Gasteiger partial charge < -0.3 is 20.5 Å². The predicted molar refractivity (Wildman–Crippen MR) is 61.2 cm³/mol. The summed E-state index contributed by atoms with van der Waals surface area (Å²) in [5.74, 6) is 0.392. The summed E-state index contributed by atoms with van der Waals surface area (Å²) >= 11 is 0. The second-order valence-electron chi connectivity index (χ2n) is 4.89. The van der Waals surface area contributed by atoms with Gasteiger partial charge >= 0.3 is 6.03 Å². The molecule has 1 aliphatic heterocycles. The minimum absolute atomic E-state index is 0.120. The molecule has 0 aromatic rings. The van der Waals surface area contributed by atoms with E-state index >= 15 is 0 Å². The molecule has 16 heavy (non-hydrogen) atoms. The molecule has 1 rings (SSSR count). The van der Waals surface area contributed by atoms with Crippen LogP contribution < -0.4 is 10.6 Å². The van der Waals surface area contributed by atoms with Crippen molar-refractivity contribution in [1.29, 1.82) is 0 Å². The van der Waals surface area contributed by atoms with Gasteiger partial charge in [-0.25, -0.2) is 4.79 Å². The number of hydrogen-bond donors (Lipinski definition) is 3. The van der Waals surface area contributed by atoms with Crippen molar-refractivity contribution in [2.24, 2.45) is 5.92 Å². The topological polar surface area (TPSA) is 70.6 Å². The predicted octanol–water partition coefficient (Wildman–Crippen LogP) is 0.481. The summed E-state index contributed by atoms with van der Waals surface area (Å²) in [6.45, 7) is 7.14. The molecule has 1 saturated heterocycles. The molecule has 3 N–H and O–H groups in total. The third-order valence-electron chi connectivity index (χ3n) is 3.02. The van der Waals surface area contributed by atoms with Crippen molar-refractivity contribution >= 4 is 6.03 Å². The fourth-order valence-corrected chi connectivity index (χ4v) is 1.41. The van der Waals surface area contributed by atoms with E-state index in [2.05, 4.69) is 10.6 Å². The van der Waals surface area contributed by atoms with Crippen molar-refractivity contribution in [1.82, 2.24) is 10.6 Å². The summed E-state index contributed by atoms with van der Waals surface area (Å²) in [7, 11) is 0. The zero-order chi connectivity index (χ0) is 12.2. The molecule has 94 valence electrons. The zero-order valence-electron chi connectivity index (χ0n) is 10.2. The van der Waals surface area contributed by atoms with Gasteiger partial charge in [0.05, 0.1) is 13.2 Å². The van der Waals surface area contributed by atoms with Crippen LogP contribution in [0.3, 0.4) is 0 Å². The van der Waals surface area contributed by atoms with Crippen molar-refractivity contribution in [3.8, 4) is 0 Å². The van der Waals surface area contributed by atoms with Crippen molar-refractivity contribution in [3.63, 3.8) is 0 Å². The highest BCUT2D eigenvalue weighted by atomic mass is 16.5. The largest absolute Gasteiger partial charge is 0.386 e. The summed E-state index contributed by atoms with van der Waals surface area (Å²) in [5, 5.41) is 15.4. The first-order valence-corrected chi connectivity index (χ1v) is 5.77. The van der Waals surface area contributed by atoms with E-state index in [1.54, 1.807) is 0 Å². The smallest absolute Gasteiger partial charge is 0.315 e. The third kappa shape index (κ3) is 3.98. The molecular weight excluding hydrogens is 208 g/mol. The molecule has 1 heterocycles. The lowest BCUT2D eigenvalue weighted by Crippen LogP contribution is -2.49. The Labute approximate surface area is 96.6 Å². The second kappa shape index (κ2) is 5.50. The zero-order valence-corrected chi connectivity index (χ0v) is 10.2. The fourth-order valence-electron chi connectivity index (χ4n) is 1.41. The Hall–Kier alpha value is -0.810. The summed E-state index contributed by atoms with van der Waals surface area (Å²) < 4.78 is 5.09. The minimum Gasteiger partial charge on any atom is -0.386 e. The van der Waals surface area contributed by atoms with E-state index in [1.807, 2.05) is 20.8 Å². The highest BCUT2D eigenvalue weighted by Gasteiger charge is 2.32. The van der Waals surface area contributed by atoms with E-state index in [1.165, 1.54) is 0 Å². The standard InChI is InChI=1S/C11H22N2O3/c1-8(2)9(3)13-10(14)12-6-11(15)4-5-16-7-11/h8-9,15H,4-7H2,1-3H3,(H2,12,13,14)/t9-,11-/m1/s1. The molecule has 1 aliphatic rings. The Morgan fingerprint density at radius 1 is 1.50 bits per heavy atom. The second-order valence-corrected chi connectivity index (χ2v) is 4.89. The van der Waals surface area contributed by atoms with Crippen LogP contribution in [0.25, 0.3) is 0 Å². The number of aliphatic hydroxyl groups is 1. The Morgan fingerprint density at radius 3 is 2.69 bits per heavy atom. The summed E-state index contributed by atoms with van der Waals surface area (Å²) in [5.41, 5.74) is -0.890. The molecule has 0 unspecified atom stereocenters. The van der Waals surface area contributed by atoms with Crippen LogP contribution in [-0.4, -0.2) is 42.5 Å². The van der Waals surface area contributed by atoms with E-state index in [9.17, 15) is 9.90 Å². The normalized spacial score (nSPS) is 26.8. The molecule has 0 aliphatic carbocycles. The Kier molecular flexibility index (Phi) is 4.56. The number of carbonyl (C=O) groups excluding carboxylic acids is 1. The maximum absolute atomic E-state index is 11.5. The van der Waals surface area contributed by atoms with Gasteiger partial charge in [-0.15, -0.1) is 0 Å². The van der Waals surface area contributed by atoms with Gasteiger partial charge in [0.25, 0.3) is 0 Å². The van der Waals surface area contributed by atoms with Gasteiger partial charge in [0.1, 0.15) is 5.60 Å². The van der Waals surface area contributed by atoms with Gasteiger partial charge in [-0.05, 0) is 12.8 Å². The molecule has 0 bridgehead atoms. The number of rotatable bonds is 4. The third-order valence-corrected chi connectivity index (χ3v) is 3.02. The number of ether oxygens (including phenoxy) is 1. The van der Waals surface area contributed by atoms with Crippen molar-refractivity contribution in [3.05, 3.63) is 0 Å². The monoisotopic (exact) mass is 230 g/mol. The molecule has 0 radical (unpaired) electrons. The summed E-state index contributed by atoms with van der Waals surface area (Å²) in [6, 6.07) is -0.115. The fraction of sp³-hybridized carbons (Fsp3) is 0.909. The molecule has 2 amide bonds. The van der Waals surface area contributed by atoms with Crippen LogP contribution in [0.2, 0.25) is 0 Å². The van der Waals surface area contributed by atoms with E-state index in [0.717, 1.165) is 0 Å². The van der Waals surface area contributed by atoms with Gasteiger partial charge in [-0.2, -0.15) is 0 Å². The van der Waals surface area contributed by atoms with Gasteiger partial charge in [-0.1, -0.05) is 13.8 Å². The van der Waals surface area contributed by atoms with Crippen LogP contribution in [0.4, 0.5) is 4.79 Å². The van der Waals surface area contributed by atoms with Gasteiger partial charge in [0.15, 0.2) is 0 Å². The molecule has 1 fully saturated rings. The van der Waals surface area contributed by atoms with Crippen molar-refractivity contribution < 1.29 is 14.6 Å². The lowest BCUT2D eigenvalue weighted by atomic mass is 10.0. The summed E-state index contributed by atoms with van der Waals surface area (Å²) in [6.07, 6.45) is 0.576. The van der Waals surface area contributed by atoms with E-state index < -0.39 is 5.60 Å². The van der Waals surface area contributed by atoms with Gasteiger partial charge in [0.2, 0.25) is 0 Å². The minimum atomic E-state index is -0.890. The molecule has 0 spiro atoms. The number of carbonyl (C=O) groups is 1. The van der Waals surface area contributed by atoms with Crippen LogP contribution in [0.1, 0.15) is 27.2 Å². The Bertz CT molecular complexity index is 237. The highest BCUT2D eigenvalue weighted by Crippen LogP contribution is 2.16. The molecule has 5 nitrogen and oxygen atoms in total. The lowest BCUT2D eigenvalue weighted by Gasteiger charge is -2.23. The van der Waals surface area contributed by atoms with E-state index in [4.69, 9.17) is 4.74 Å². The average molecular weight is 230 g/mol. The lowest BCUT2D eigenvalue weighted by molar-refractivity contribution is 0.0291. The van der Waals surface area contributed by atoms with E-state index in [0.29, 0.717) is 25.6 Å². The Balaban J connectivity index is 2.24. The van der Waals surface area contributed by atoms with Crippen LogP contribution in [-0.2, 0) is 4.74 Å². The first-order chi connectivity index (χ1) is 7.43. The number of hydrogen-bond acceptors (Lipinski definition) is 3. The van der Waals surface area contributed by atoms with Crippen LogP contribution in [0, 0.1) is 5.92 Å². The molecule has 0 aromatic heterocycles. The Morgan fingerprint density at radius 2 is 2.19 bits per heavy atom. The molecular formula is C11H22N2O3. The summed E-state index contributed by atoms with van der Waals surface area (Å²) in [4.78, 5) is 11.5. The van der Waals surface area contributed by atoms with Crippen molar-refractivity contribution in [2.45, 2.75) is 38.8 Å². The average Bonchev–Trinajstić information content (AvgIpc) is 2.63. The van der Waals surface area contributed by atoms with Gasteiger partial charge in [-0.3, -0.25) is 0 Å². The molecule has 2 atom stereocenters. The molecule has 5 heteroatoms. The molecule has 0 saturated carbocycles. The first-order valence-electron chi connectivity index (χ1n) is 5.77. The first kappa shape index (κ1) is 13.3. The maximum atomic E-state index is 11.5. The van der Waals surface area contributed by atoms with Crippen LogP contribution in [0.15, 0.2) is 0 Å².